The number of rotatable bonds is 1. The minimum atomic E-state index is -0.500. The van der Waals surface area contributed by atoms with Crippen LogP contribution in [-0.4, -0.2) is 16.5 Å². The van der Waals surface area contributed by atoms with Crippen molar-refractivity contribution in [3.05, 3.63) is 5.21 Å². The van der Waals surface area contributed by atoms with Gasteiger partial charge in [-0.3, -0.25) is 0 Å². The summed E-state index contributed by atoms with van der Waals surface area (Å²) in [5.74, 6) is 0. The minimum absolute atomic E-state index is 0.167. The quantitative estimate of drug-likeness (QED) is 0.204. The molecule has 0 heterocycles. The summed E-state index contributed by atoms with van der Waals surface area (Å²) in [5, 5.41) is 18.6. The molecule has 0 saturated carbocycles. The summed E-state index contributed by atoms with van der Waals surface area (Å²) in [6, 6.07) is 0. The Morgan fingerprint density at radius 2 is 2.50 bits per heavy atom. The van der Waals surface area contributed by atoms with E-state index in [4.69, 9.17) is 10.0 Å². The second-order valence-corrected chi connectivity index (χ2v) is 0.497. The van der Waals surface area contributed by atoms with Crippen molar-refractivity contribution in [3.8, 4) is 0 Å². The van der Waals surface area contributed by atoms with E-state index in [0.29, 0.717) is 0 Å². The van der Waals surface area contributed by atoms with Gasteiger partial charge in [0, 0.05) is 4.86 Å². The van der Waals surface area contributed by atoms with Gasteiger partial charge in [0.25, 0.3) is 0 Å². The summed E-state index contributed by atoms with van der Waals surface area (Å²) in [5.41, 5.74) is 0. The first-order valence-corrected chi connectivity index (χ1v) is 1.08. The molecule has 0 aliphatic heterocycles. The van der Waals surface area contributed by atoms with Gasteiger partial charge in [-0.1, -0.05) is 0 Å². The maximum absolute atomic E-state index is 9.31. The maximum Gasteiger partial charge on any atom is 0.414 e. The van der Waals surface area contributed by atoms with E-state index >= 15 is 0 Å². The lowest BCUT2D eigenvalue weighted by molar-refractivity contribution is -0.464. The Morgan fingerprint density at radius 1 is 2.00 bits per heavy atom. The second kappa shape index (κ2) is 2.13. The molecule has 1 N–H and O–H groups in total. The van der Waals surface area contributed by atoms with Crippen molar-refractivity contribution in [2.45, 2.75) is 0 Å². The van der Waals surface area contributed by atoms with E-state index in [1.807, 2.05) is 5.28 Å². The number of carbonyl (C=O) groups excluding carboxylic acids is 1. The molecule has 0 aromatic carbocycles. The van der Waals surface area contributed by atoms with Crippen LogP contribution in [0.1, 0.15) is 0 Å². The third-order valence-corrected chi connectivity index (χ3v) is 0.178. The lowest BCUT2D eigenvalue weighted by atomic mass is 11.4. The summed E-state index contributed by atoms with van der Waals surface area (Å²) in [7, 11) is 0. The van der Waals surface area contributed by atoms with Gasteiger partial charge in [0.1, 0.15) is 0 Å². The van der Waals surface area contributed by atoms with Crippen LogP contribution in [0.2, 0.25) is 0 Å². The molecular formula is CH2N2O3. The minimum Gasteiger partial charge on any atom is -0.590 e. The van der Waals surface area contributed by atoms with Crippen molar-refractivity contribution in [1.29, 1.82) is 0 Å². The molecule has 5 heteroatoms. The molecule has 0 saturated heterocycles. The lowest BCUT2D eigenvalue weighted by Crippen LogP contribution is -1.92. The molecule has 0 bridgehead atoms. The highest BCUT2D eigenvalue weighted by Crippen LogP contribution is 1.56. The normalized spacial score (nSPS) is 11.0. The fourth-order valence-electron chi connectivity index (χ4n) is 0.0211. The first kappa shape index (κ1) is 4.87. The first-order valence-electron chi connectivity index (χ1n) is 1.08. The number of hydrogen-bond donors (Lipinski definition) is 1. The van der Waals surface area contributed by atoms with Crippen LogP contribution >= 0.6 is 0 Å². The fourth-order valence-corrected chi connectivity index (χ4v) is 0.0211. The number of carbonyl (C=O) groups is 1. The highest BCUT2D eigenvalue weighted by atomic mass is 16.6. The predicted octanol–water partition coefficient (Wildman–Crippen LogP) is -0.506. The summed E-state index contributed by atoms with van der Waals surface area (Å²) < 4.78 is 0. The Bertz CT molecular complexity index is 76.9. The number of nitrogens with zero attached hydrogens (tertiary/aromatic N) is 2. The third kappa shape index (κ3) is 1.22. The molecule has 0 aliphatic rings. The van der Waals surface area contributed by atoms with Gasteiger partial charge in [-0.2, -0.15) is 0 Å². The zero-order valence-corrected chi connectivity index (χ0v) is 2.74. The van der Waals surface area contributed by atoms with Gasteiger partial charge in [-0.25, -0.2) is 4.79 Å². The van der Waals surface area contributed by atoms with Gasteiger partial charge < -0.3 is 10.4 Å². The van der Waals surface area contributed by atoms with E-state index in [1.54, 1.807) is 0 Å². The molecular weight excluding hydrogens is 88.0 g/mol. The average molecular weight is 90.0 g/mol. The molecule has 0 aliphatic carbocycles. The molecule has 5 nitrogen and oxygen atoms in total. The largest absolute Gasteiger partial charge is 0.590 e. The van der Waals surface area contributed by atoms with Crippen molar-refractivity contribution in [3.63, 3.8) is 0 Å². The molecule has 0 radical (unpaired) electrons. The van der Waals surface area contributed by atoms with Crippen LogP contribution in [-0.2, 0) is 4.79 Å². The molecule has 0 atom stereocenters. The smallest absolute Gasteiger partial charge is 0.414 e. The zero-order valence-electron chi connectivity index (χ0n) is 2.74. The Hall–Kier alpha value is -1.13. The Kier molecular flexibility index (Phi) is 1.73. The monoisotopic (exact) mass is 90.0 g/mol. The summed E-state index contributed by atoms with van der Waals surface area (Å²) in [6.45, 7) is 0. The van der Waals surface area contributed by atoms with Gasteiger partial charge in [0.2, 0.25) is 5.28 Å². The molecule has 1 amide bonds. The van der Waals surface area contributed by atoms with Crippen LogP contribution in [0.3, 0.4) is 0 Å². The molecule has 0 spiro atoms. The van der Waals surface area contributed by atoms with Crippen LogP contribution in [0.5, 0.6) is 0 Å². The van der Waals surface area contributed by atoms with E-state index in [9.17, 15) is 5.21 Å². The van der Waals surface area contributed by atoms with Gasteiger partial charge >= 0.3 is 6.41 Å². The Balaban J connectivity index is 3.50. The van der Waals surface area contributed by atoms with Crippen molar-refractivity contribution in [1.82, 2.24) is 0 Å². The topological polar surface area (TPSA) is 75.7 Å². The second-order valence-electron chi connectivity index (χ2n) is 0.497. The SMILES string of the molecule is O=C[N+]([O-])=NO. The molecule has 0 rings (SSSR count). The average Bonchev–Trinajstić information content (AvgIpc) is 1.65. The van der Waals surface area contributed by atoms with Crippen molar-refractivity contribution < 1.29 is 14.9 Å². The molecule has 0 aromatic heterocycles. The molecule has 34 valence electrons. The summed E-state index contributed by atoms with van der Waals surface area (Å²) >= 11 is 0. The van der Waals surface area contributed by atoms with Gasteiger partial charge in [0.05, 0.1) is 0 Å². The van der Waals surface area contributed by atoms with Gasteiger partial charge in [-0.05, 0) is 0 Å². The zero-order chi connectivity index (χ0) is 4.99. The van der Waals surface area contributed by atoms with E-state index in [1.165, 1.54) is 0 Å². The number of hydrogen-bond acceptors (Lipinski definition) is 3. The van der Waals surface area contributed by atoms with Gasteiger partial charge in [-0.15, -0.1) is 0 Å². The first-order chi connectivity index (χ1) is 2.81. The van der Waals surface area contributed by atoms with E-state index < -0.39 is 4.86 Å². The highest BCUT2D eigenvalue weighted by molar-refractivity contribution is 5.33. The van der Waals surface area contributed by atoms with Crippen LogP contribution in [0.15, 0.2) is 5.28 Å². The predicted molar refractivity (Wildman–Crippen MR) is 13.9 cm³/mol. The number of hydroxylamine groups is 1. The molecule has 0 fully saturated rings. The third-order valence-electron chi connectivity index (χ3n) is 0.178. The summed E-state index contributed by atoms with van der Waals surface area (Å²) in [4.78, 5) is 8.60. The highest BCUT2D eigenvalue weighted by Gasteiger charge is 1.79. The van der Waals surface area contributed by atoms with E-state index in [-0.39, 0.29) is 6.41 Å². The fraction of sp³-hybridized carbons (Fsp3) is 0. The Labute approximate surface area is 33.1 Å². The van der Waals surface area contributed by atoms with Crippen LogP contribution in [0.4, 0.5) is 0 Å². The van der Waals surface area contributed by atoms with Crippen molar-refractivity contribution in [2.24, 2.45) is 5.28 Å². The van der Waals surface area contributed by atoms with Crippen molar-refractivity contribution >= 4 is 6.41 Å². The van der Waals surface area contributed by atoms with E-state index in [2.05, 4.69) is 0 Å². The maximum atomic E-state index is 9.31. The van der Waals surface area contributed by atoms with Crippen molar-refractivity contribution in [2.75, 3.05) is 0 Å². The van der Waals surface area contributed by atoms with E-state index in [0.717, 1.165) is 0 Å². The Morgan fingerprint density at radius 3 is 2.50 bits per heavy atom. The molecule has 0 aromatic rings. The van der Waals surface area contributed by atoms with Gasteiger partial charge in [0.15, 0.2) is 0 Å². The standard InChI is InChI=1S/CH2N2O3/c4-1-3(6)2-5/h1,5H. The number of amides is 1. The molecule has 0 unspecified atom stereocenters. The van der Waals surface area contributed by atoms with Crippen LogP contribution in [0.25, 0.3) is 0 Å². The summed E-state index contributed by atoms with van der Waals surface area (Å²) in [6.07, 6.45) is -0.167. The molecule has 6 heavy (non-hydrogen) atoms. The van der Waals surface area contributed by atoms with Crippen LogP contribution < -0.4 is 0 Å². The van der Waals surface area contributed by atoms with Crippen LogP contribution in [0, 0.1) is 5.21 Å². The lowest BCUT2D eigenvalue weighted by Gasteiger charge is -1.77.